The van der Waals surface area contributed by atoms with Crippen LogP contribution in [0.3, 0.4) is 0 Å². The highest BCUT2D eigenvalue weighted by Crippen LogP contribution is 2.20. The Balaban J connectivity index is 0.00000225. The number of aryl methyl sites for hydroxylation is 1. The maximum Gasteiger partial charge on any atom is 0.245 e. The lowest BCUT2D eigenvalue weighted by Crippen LogP contribution is -2.43. The molecule has 0 aliphatic rings. The first kappa shape index (κ1) is 15.3. The second-order valence-electron chi connectivity index (χ2n) is 3.37. The largest absolute Gasteiger partial charge is 0.320 e. The Morgan fingerprint density at radius 2 is 2.25 bits per heavy atom. The van der Waals surface area contributed by atoms with Gasteiger partial charge in [0, 0.05) is 11.9 Å². The molecule has 4 nitrogen and oxygen atoms in total. The third-order valence-electron chi connectivity index (χ3n) is 2.18. The van der Waals surface area contributed by atoms with Crippen LogP contribution in [-0.2, 0) is 4.79 Å². The van der Waals surface area contributed by atoms with E-state index < -0.39 is 6.04 Å². The molecular weight excluding hydrogens is 246 g/mol. The summed E-state index contributed by atoms with van der Waals surface area (Å²) >= 11 is 1.48. The number of hydrogen-bond donors (Lipinski definition) is 1. The van der Waals surface area contributed by atoms with E-state index in [1.165, 1.54) is 11.3 Å². The summed E-state index contributed by atoms with van der Waals surface area (Å²) in [6, 6.07) is -0.422. The molecule has 0 fully saturated rings. The number of hydrogen-bond acceptors (Lipinski definition) is 4. The van der Waals surface area contributed by atoms with Crippen LogP contribution in [0.1, 0.15) is 26.0 Å². The van der Waals surface area contributed by atoms with Crippen molar-refractivity contribution in [2.75, 3.05) is 11.4 Å². The van der Waals surface area contributed by atoms with Gasteiger partial charge in [0.1, 0.15) is 0 Å². The van der Waals surface area contributed by atoms with Crippen molar-refractivity contribution in [1.82, 2.24) is 4.98 Å². The van der Waals surface area contributed by atoms with Crippen LogP contribution in [0, 0.1) is 6.92 Å². The van der Waals surface area contributed by atoms with Gasteiger partial charge >= 0.3 is 0 Å². The van der Waals surface area contributed by atoms with Crippen LogP contribution >= 0.6 is 23.7 Å². The van der Waals surface area contributed by atoms with Gasteiger partial charge in [-0.1, -0.05) is 6.92 Å². The number of aromatic nitrogens is 1. The third-order valence-corrected chi connectivity index (χ3v) is 3.16. The number of nitrogens with two attached hydrogens (primary N) is 1. The number of anilines is 1. The lowest BCUT2D eigenvalue weighted by molar-refractivity contribution is -0.119. The van der Waals surface area contributed by atoms with Gasteiger partial charge in [-0.3, -0.25) is 9.69 Å². The molecule has 1 heterocycles. The van der Waals surface area contributed by atoms with Gasteiger partial charge in [0.25, 0.3) is 0 Å². The van der Waals surface area contributed by atoms with E-state index in [-0.39, 0.29) is 18.3 Å². The van der Waals surface area contributed by atoms with Gasteiger partial charge in [-0.15, -0.1) is 23.7 Å². The van der Waals surface area contributed by atoms with Crippen molar-refractivity contribution in [3.63, 3.8) is 0 Å². The van der Waals surface area contributed by atoms with Gasteiger partial charge in [-0.05, 0) is 20.3 Å². The number of nitrogens with zero attached hydrogens (tertiary/aromatic N) is 2. The molecule has 2 N–H and O–H groups in total. The number of halogens is 1. The number of carbonyl (C=O) groups is 1. The molecule has 6 heteroatoms. The summed E-state index contributed by atoms with van der Waals surface area (Å²) in [6.45, 7) is 6.36. The SMILES string of the molecule is CC[C@H](N)C(=O)N(CC)c1nc(C)cs1.Cl. The van der Waals surface area contributed by atoms with Gasteiger partial charge in [-0.2, -0.15) is 0 Å². The van der Waals surface area contributed by atoms with Crippen LogP contribution < -0.4 is 10.6 Å². The highest BCUT2D eigenvalue weighted by atomic mass is 35.5. The monoisotopic (exact) mass is 263 g/mol. The van der Waals surface area contributed by atoms with Gasteiger partial charge in [0.2, 0.25) is 5.91 Å². The van der Waals surface area contributed by atoms with E-state index in [0.717, 1.165) is 10.8 Å². The topological polar surface area (TPSA) is 59.2 Å². The van der Waals surface area contributed by atoms with Crippen LogP contribution in [-0.4, -0.2) is 23.5 Å². The zero-order valence-corrected chi connectivity index (χ0v) is 11.4. The molecule has 0 radical (unpaired) electrons. The Morgan fingerprint density at radius 1 is 1.62 bits per heavy atom. The van der Waals surface area contributed by atoms with Crippen molar-refractivity contribution in [2.24, 2.45) is 5.73 Å². The zero-order valence-electron chi connectivity index (χ0n) is 9.77. The summed E-state index contributed by atoms with van der Waals surface area (Å²) in [5.74, 6) is -0.0469. The second kappa shape index (κ2) is 6.83. The van der Waals surface area contributed by atoms with Gasteiger partial charge < -0.3 is 5.73 Å². The van der Waals surface area contributed by atoms with Crippen LogP contribution in [0.4, 0.5) is 5.13 Å². The van der Waals surface area contributed by atoms with E-state index >= 15 is 0 Å². The number of likely N-dealkylation sites (N-methyl/N-ethyl adjacent to an activating group) is 1. The van der Waals surface area contributed by atoms with Crippen molar-refractivity contribution in [1.29, 1.82) is 0 Å². The maximum atomic E-state index is 11.9. The summed E-state index contributed by atoms with van der Waals surface area (Å²) in [6.07, 6.45) is 0.652. The minimum absolute atomic E-state index is 0. The summed E-state index contributed by atoms with van der Waals surface area (Å²) in [7, 11) is 0. The Hall–Kier alpha value is -0.650. The van der Waals surface area contributed by atoms with Crippen LogP contribution in [0.15, 0.2) is 5.38 Å². The normalized spacial score (nSPS) is 11.8. The molecule has 1 atom stereocenters. The third kappa shape index (κ3) is 3.43. The minimum atomic E-state index is -0.422. The van der Waals surface area contributed by atoms with E-state index in [0.29, 0.717) is 13.0 Å². The van der Waals surface area contributed by atoms with Crippen molar-refractivity contribution in [3.05, 3.63) is 11.1 Å². The molecule has 1 amide bonds. The molecule has 0 aliphatic carbocycles. The Morgan fingerprint density at radius 3 is 2.62 bits per heavy atom. The molecule has 0 unspecified atom stereocenters. The first-order chi connectivity index (χ1) is 7.10. The van der Waals surface area contributed by atoms with Gasteiger partial charge in [-0.25, -0.2) is 4.98 Å². The fourth-order valence-electron chi connectivity index (χ4n) is 1.23. The number of rotatable bonds is 4. The molecule has 0 bridgehead atoms. The first-order valence-corrected chi connectivity index (χ1v) is 5.97. The Labute approximate surface area is 106 Å². The van der Waals surface area contributed by atoms with Crippen LogP contribution in [0.25, 0.3) is 0 Å². The summed E-state index contributed by atoms with van der Waals surface area (Å²) in [5, 5.41) is 2.67. The van der Waals surface area contributed by atoms with E-state index in [9.17, 15) is 4.79 Å². The Bertz CT molecular complexity index is 343. The van der Waals surface area contributed by atoms with Crippen molar-refractivity contribution in [3.8, 4) is 0 Å². The average molecular weight is 264 g/mol. The molecule has 1 aromatic rings. The molecule has 1 aromatic heterocycles. The van der Waals surface area contributed by atoms with E-state index in [4.69, 9.17) is 5.73 Å². The quantitative estimate of drug-likeness (QED) is 0.904. The molecule has 16 heavy (non-hydrogen) atoms. The molecular formula is C10H18ClN3OS. The number of amides is 1. The first-order valence-electron chi connectivity index (χ1n) is 5.09. The molecule has 0 aliphatic heterocycles. The van der Waals surface area contributed by atoms with Crippen molar-refractivity contribution >= 4 is 34.8 Å². The highest BCUT2D eigenvalue weighted by molar-refractivity contribution is 7.14. The molecule has 0 aromatic carbocycles. The fraction of sp³-hybridized carbons (Fsp3) is 0.600. The fourth-order valence-corrected chi connectivity index (χ4v) is 2.10. The minimum Gasteiger partial charge on any atom is -0.320 e. The van der Waals surface area contributed by atoms with Gasteiger partial charge in [0.15, 0.2) is 5.13 Å². The van der Waals surface area contributed by atoms with E-state index in [1.807, 2.05) is 26.2 Å². The zero-order chi connectivity index (χ0) is 11.4. The maximum absolute atomic E-state index is 11.9. The van der Waals surface area contributed by atoms with E-state index in [1.54, 1.807) is 4.90 Å². The number of carbonyl (C=O) groups excluding carboxylic acids is 1. The molecule has 92 valence electrons. The number of thiazole rings is 1. The van der Waals surface area contributed by atoms with Gasteiger partial charge in [0.05, 0.1) is 11.7 Å². The summed E-state index contributed by atoms with van der Waals surface area (Å²) in [4.78, 5) is 17.8. The lowest BCUT2D eigenvalue weighted by Gasteiger charge is -2.20. The van der Waals surface area contributed by atoms with Crippen LogP contribution in [0.2, 0.25) is 0 Å². The second-order valence-corrected chi connectivity index (χ2v) is 4.21. The predicted octanol–water partition coefficient (Wildman–Crippen LogP) is 1.96. The molecule has 0 saturated carbocycles. The standard InChI is InChI=1S/C10H17N3OS.ClH/c1-4-8(11)9(14)13(5-2)10-12-7(3)6-15-10;/h6,8H,4-5,11H2,1-3H3;1H/t8-;/m0./s1. The smallest absolute Gasteiger partial charge is 0.245 e. The molecule has 1 rings (SSSR count). The van der Waals surface area contributed by atoms with Crippen molar-refractivity contribution in [2.45, 2.75) is 33.2 Å². The van der Waals surface area contributed by atoms with Crippen molar-refractivity contribution < 1.29 is 4.79 Å². The Kier molecular flexibility index (Phi) is 6.55. The average Bonchev–Trinajstić information content (AvgIpc) is 2.64. The molecule has 0 spiro atoms. The lowest BCUT2D eigenvalue weighted by atomic mass is 10.2. The van der Waals surface area contributed by atoms with E-state index in [2.05, 4.69) is 4.98 Å². The highest BCUT2D eigenvalue weighted by Gasteiger charge is 2.21. The summed E-state index contributed by atoms with van der Waals surface area (Å²) in [5.41, 5.74) is 6.66. The van der Waals surface area contributed by atoms with Crippen LogP contribution in [0.5, 0.6) is 0 Å². The summed E-state index contributed by atoms with van der Waals surface area (Å²) < 4.78 is 0. The predicted molar refractivity (Wildman–Crippen MR) is 70.4 cm³/mol. The molecule has 0 saturated heterocycles.